The Balaban J connectivity index is 1.51. The fourth-order valence-electron chi connectivity index (χ4n) is 3.54. The highest BCUT2D eigenvalue weighted by Crippen LogP contribution is 2.28. The van der Waals surface area contributed by atoms with Crippen LogP contribution in [0, 0.1) is 6.92 Å². The van der Waals surface area contributed by atoms with E-state index in [1.165, 1.54) is 0 Å². The average molecular weight is 423 g/mol. The Morgan fingerprint density at radius 3 is 2.56 bits per heavy atom. The molecule has 1 N–H and O–H groups in total. The smallest absolute Gasteiger partial charge is 0.286 e. The molecule has 0 amide bonds. The number of anilines is 1. The van der Waals surface area contributed by atoms with Gasteiger partial charge in [0.1, 0.15) is 11.6 Å². The Hall–Kier alpha value is -4.26. The molecule has 0 radical (unpaired) electrons. The zero-order valence-corrected chi connectivity index (χ0v) is 17.7. The van der Waals surface area contributed by atoms with Gasteiger partial charge < -0.3 is 14.5 Å². The topological polar surface area (TPSA) is 86.0 Å². The van der Waals surface area contributed by atoms with E-state index in [2.05, 4.69) is 20.5 Å². The third-order valence-corrected chi connectivity index (χ3v) is 5.12. The van der Waals surface area contributed by atoms with Crippen LogP contribution in [0.4, 0.5) is 5.82 Å². The van der Waals surface area contributed by atoms with E-state index in [1.54, 1.807) is 7.11 Å². The van der Waals surface area contributed by atoms with Gasteiger partial charge in [-0.2, -0.15) is 0 Å². The van der Waals surface area contributed by atoms with Gasteiger partial charge in [0.15, 0.2) is 0 Å². The molecule has 158 valence electrons. The molecule has 0 saturated carbocycles. The van der Waals surface area contributed by atoms with Crippen LogP contribution in [-0.2, 0) is 6.54 Å². The Morgan fingerprint density at radius 2 is 1.69 bits per heavy atom. The van der Waals surface area contributed by atoms with Crippen LogP contribution in [-0.4, -0.2) is 27.3 Å². The molecule has 7 heteroatoms. The summed E-state index contributed by atoms with van der Waals surface area (Å²) >= 11 is 0. The van der Waals surface area contributed by atoms with Crippen LogP contribution in [0.15, 0.2) is 77.2 Å². The van der Waals surface area contributed by atoms with Crippen LogP contribution < -0.4 is 10.1 Å². The first-order valence-corrected chi connectivity index (χ1v) is 10.2. The number of benzene rings is 3. The Kier molecular flexibility index (Phi) is 5.21. The third-order valence-electron chi connectivity index (χ3n) is 5.12. The number of rotatable bonds is 6. The first-order valence-electron chi connectivity index (χ1n) is 10.2. The first-order chi connectivity index (χ1) is 15.7. The van der Waals surface area contributed by atoms with Crippen LogP contribution in [0.25, 0.3) is 34.1 Å². The van der Waals surface area contributed by atoms with Crippen molar-refractivity contribution < 1.29 is 9.15 Å². The van der Waals surface area contributed by atoms with Gasteiger partial charge in [-0.3, -0.25) is 0 Å². The summed E-state index contributed by atoms with van der Waals surface area (Å²) in [5.41, 5.74) is 3.79. The van der Waals surface area contributed by atoms with Gasteiger partial charge in [-0.1, -0.05) is 48.0 Å². The number of nitrogens with one attached hydrogen (secondary N) is 1. The summed E-state index contributed by atoms with van der Waals surface area (Å²) in [6.45, 7) is 2.57. The Morgan fingerprint density at radius 1 is 0.875 bits per heavy atom. The van der Waals surface area contributed by atoms with E-state index in [9.17, 15) is 0 Å². The van der Waals surface area contributed by atoms with E-state index in [4.69, 9.17) is 14.1 Å². The molecule has 0 aliphatic carbocycles. The fourth-order valence-corrected chi connectivity index (χ4v) is 3.54. The van der Waals surface area contributed by atoms with Gasteiger partial charge in [0.25, 0.3) is 5.89 Å². The number of ether oxygens (including phenoxy) is 1. The summed E-state index contributed by atoms with van der Waals surface area (Å²) < 4.78 is 11.4. The predicted molar refractivity (Wildman–Crippen MR) is 123 cm³/mol. The number of hydrogen-bond acceptors (Lipinski definition) is 7. The summed E-state index contributed by atoms with van der Waals surface area (Å²) in [7, 11) is 1.67. The standard InChI is InChI=1S/C25H21N5O2/c1-16-8-7-10-17(14-16)24-29-30-25(32-24)23-27-20-12-5-4-11-19(20)22(28-23)26-15-18-9-3-6-13-21(18)31-2/h3-14H,15H2,1-2H3,(H,26,27,28). The predicted octanol–water partition coefficient (Wildman–Crippen LogP) is 5.28. The van der Waals surface area contributed by atoms with Crippen LogP contribution in [0.5, 0.6) is 5.75 Å². The van der Waals surface area contributed by atoms with Crippen LogP contribution in [0.2, 0.25) is 0 Å². The maximum atomic E-state index is 5.92. The molecule has 5 aromatic rings. The molecule has 2 aromatic heterocycles. The van der Waals surface area contributed by atoms with E-state index < -0.39 is 0 Å². The summed E-state index contributed by atoms with van der Waals surface area (Å²) in [5.74, 6) is 2.58. The third kappa shape index (κ3) is 3.88. The molecule has 3 aromatic carbocycles. The SMILES string of the molecule is COc1ccccc1CNc1nc(-c2nnc(-c3cccc(C)c3)o2)nc2ccccc12. The minimum Gasteiger partial charge on any atom is -0.496 e. The van der Waals surface area contributed by atoms with Crippen LogP contribution in [0.3, 0.4) is 0 Å². The zero-order valence-electron chi connectivity index (χ0n) is 17.7. The molecule has 0 aliphatic heterocycles. The van der Waals surface area contributed by atoms with Gasteiger partial charge in [-0.05, 0) is 37.3 Å². The van der Waals surface area contributed by atoms with E-state index in [-0.39, 0.29) is 5.89 Å². The van der Waals surface area contributed by atoms with Gasteiger partial charge >= 0.3 is 0 Å². The van der Waals surface area contributed by atoms with Gasteiger partial charge in [0.2, 0.25) is 11.7 Å². The average Bonchev–Trinajstić information content (AvgIpc) is 3.33. The second-order valence-electron chi connectivity index (χ2n) is 7.36. The van der Waals surface area contributed by atoms with Crippen molar-refractivity contribution in [3.63, 3.8) is 0 Å². The number of hydrogen-bond donors (Lipinski definition) is 1. The van der Waals surface area contributed by atoms with E-state index in [0.717, 1.165) is 33.3 Å². The maximum Gasteiger partial charge on any atom is 0.286 e. The minimum atomic E-state index is 0.271. The second-order valence-corrected chi connectivity index (χ2v) is 7.36. The molecular weight excluding hydrogens is 402 g/mol. The highest BCUT2D eigenvalue weighted by Gasteiger charge is 2.16. The number of fused-ring (bicyclic) bond motifs is 1. The monoisotopic (exact) mass is 423 g/mol. The van der Waals surface area contributed by atoms with Gasteiger partial charge in [-0.15, -0.1) is 10.2 Å². The molecule has 5 rings (SSSR count). The van der Waals surface area contributed by atoms with Crippen molar-refractivity contribution in [1.29, 1.82) is 0 Å². The van der Waals surface area contributed by atoms with Crippen molar-refractivity contribution in [3.05, 3.63) is 83.9 Å². The number of aryl methyl sites for hydroxylation is 1. The summed E-state index contributed by atoms with van der Waals surface area (Å²) in [6, 6.07) is 23.6. The lowest BCUT2D eigenvalue weighted by molar-refractivity contribution is 0.410. The number of methoxy groups -OCH3 is 1. The van der Waals surface area contributed by atoms with Gasteiger partial charge in [0.05, 0.1) is 12.6 Å². The lowest BCUT2D eigenvalue weighted by Gasteiger charge is -2.12. The van der Waals surface area contributed by atoms with Crippen molar-refractivity contribution >= 4 is 16.7 Å². The molecule has 32 heavy (non-hydrogen) atoms. The van der Waals surface area contributed by atoms with Crippen molar-refractivity contribution in [2.24, 2.45) is 0 Å². The van der Waals surface area contributed by atoms with Crippen molar-refractivity contribution in [2.75, 3.05) is 12.4 Å². The fraction of sp³-hybridized carbons (Fsp3) is 0.120. The lowest BCUT2D eigenvalue weighted by Crippen LogP contribution is -2.05. The summed E-state index contributed by atoms with van der Waals surface area (Å²) in [6.07, 6.45) is 0. The molecule has 0 atom stereocenters. The Labute approximate surface area is 185 Å². The van der Waals surface area contributed by atoms with Crippen LogP contribution in [0.1, 0.15) is 11.1 Å². The summed E-state index contributed by atoms with van der Waals surface area (Å²) in [4.78, 5) is 9.35. The van der Waals surface area contributed by atoms with E-state index in [0.29, 0.717) is 24.1 Å². The lowest BCUT2D eigenvalue weighted by atomic mass is 10.1. The van der Waals surface area contributed by atoms with Crippen LogP contribution >= 0.6 is 0 Å². The second kappa shape index (κ2) is 8.47. The molecule has 0 saturated heterocycles. The number of nitrogens with zero attached hydrogens (tertiary/aromatic N) is 4. The number of para-hydroxylation sites is 2. The zero-order chi connectivity index (χ0) is 21.9. The minimum absolute atomic E-state index is 0.271. The molecule has 0 fully saturated rings. The first kappa shape index (κ1) is 19.7. The highest BCUT2D eigenvalue weighted by atomic mass is 16.5. The normalized spacial score (nSPS) is 10.9. The molecule has 0 unspecified atom stereocenters. The number of aromatic nitrogens is 4. The molecular formula is C25H21N5O2. The maximum absolute atomic E-state index is 5.92. The van der Waals surface area contributed by atoms with Crippen molar-refractivity contribution in [1.82, 2.24) is 20.2 Å². The van der Waals surface area contributed by atoms with Crippen molar-refractivity contribution in [3.8, 4) is 28.9 Å². The molecule has 0 aliphatic rings. The quantitative estimate of drug-likeness (QED) is 0.398. The summed E-state index contributed by atoms with van der Waals surface area (Å²) in [5, 5.41) is 12.7. The Bertz CT molecular complexity index is 1400. The largest absolute Gasteiger partial charge is 0.496 e. The molecule has 7 nitrogen and oxygen atoms in total. The van der Waals surface area contributed by atoms with Gasteiger partial charge in [0, 0.05) is 23.1 Å². The van der Waals surface area contributed by atoms with E-state index >= 15 is 0 Å². The van der Waals surface area contributed by atoms with Crippen molar-refractivity contribution in [2.45, 2.75) is 13.5 Å². The van der Waals surface area contributed by atoms with Gasteiger partial charge in [-0.25, -0.2) is 9.97 Å². The van der Waals surface area contributed by atoms with E-state index in [1.807, 2.05) is 79.7 Å². The molecule has 2 heterocycles. The molecule has 0 bridgehead atoms. The highest BCUT2D eigenvalue weighted by molar-refractivity contribution is 5.90. The molecule has 0 spiro atoms.